The molecule has 0 fully saturated rings. The minimum Gasteiger partial charge on any atom is -0.334 e. The number of aromatic nitrogens is 2. The van der Waals surface area contributed by atoms with Crippen LogP contribution in [0, 0.1) is 10.1 Å². The fourth-order valence-electron chi connectivity index (χ4n) is 1.93. The van der Waals surface area contributed by atoms with Crippen LogP contribution in [0.15, 0.2) is 40.9 Å². The van der Waals surface area contributed by atoms with Crippen molar-refractivity contribution < 1.29 is 9.45 Å². The van der Waals surface area contributed by atoms with Crippen LogP contribution in [0.3, 0.4) is 0 Å². The van der Waals surface area contributed by atoms with Crippen molar-refractivity contribution in [2.75, 3.05) is 0 Å². The van der Waals surface area contributed by atoms with E-state index in [0.717, 1.165) is 0 Å². The maximum Gasteiger partial charge on any atom is 0.288 e. The molecule has 0 atom stereocenters. The van der Waals surface area contributed by atoms with Crippen LogP contribution in [-0.4, -0.2) is 15.1 Å². The Hall–Kier alpha value is -2.15. The molecule has 0 aliphatic heterocycles. The molecular weight excluding hydrogens is 365 g/mol. The van der Waals surface area contributed by atoms with Crippen molar-refractivity contribution in [3.05, 3.63) is 61.6 Å². The SMILES string of the molecule is O=[N+]([O-])c1cc(-c2nc(-c3cc(Cl)cc(Cl)c3)no2)ccc1Cl. The van der Waals surface area contributed by atoms with E-state index in [0.29, 0.717) is 21.2 Å². The number of rotatable bonds is 3. The van der Waals surface area contributed by atoms with Gasteiger partial charge in [0.05, 0.1) is 4.92 Å². The molecule has 0 amide bonds. The van der Waals surface area contributed by atoms with Gasteiger partial charge in [0, 0.05) is 27.2 Å². The van der Waals surface area contributed by atoms with Gasteiger partial charge >= 0.3 is 0 Å². The molecule has 0 spiro atoms. The summed E-state index contributed by atoms with van der Waals surface area (Å²) in [6.45, 7) is 0. The zero-order valence-electron chi connectivity index (χ0n) is 11.2. The van der Waals surface area contributed by atoms with Crippen LogP contribution in [0.1, 0.15) is 0 Å². The lowest BCUT2D eigenvalue weighted by Gasteiger charge is -1.98. The third-order valence-electron chi connectivity index (χ3n) is 2.94. The first kappa shape index (κ1) is 15.7. The van der Waals surface area contributed by atoms with Crippen LogP contribution in [-0.2, 0) is 0 Å². The first-order chi connectivity index (χ1) is 10.9. The van der Waals surface area contributed by atoms with Gasteiger partial charge in [0.2, 0.25) is 5.82 Å². The van der Waals surface area contributed by atoms with Gasteiger partial charge in [-0.2, -0.15) is 4.98 Å². The molecule has 6 nitrogen and oxygen atoms in total. The third-order valence-corrected chi connectivity index (χ3v) is 3.69. The predicted octanol–water partition coefficient (Wildman–Crippen LogP) is 5.27. The van der Waals surface area contributed by atoms with Crippen molar-refractivity contribution in [2.45, 2.75) is 0 Å². The number of hydrogen-bond acceptors (Lipinski definition) is 5. The topological polar surface area (TPSA) is 82.1 Å². The summed E-state index contributed by atoms with van der Waals surface area (Å²) < 4.78 is 5.15. The van der Waals surface area contributed by atoms with E-state index in [-0.39, 0.29) is 22.4 Å². The predicted molar refractivity (Wildman–Crippen MR) is 86.9 cm³/mol. The highest BCUT2D eigenvalue weighted by atomic mass is 35.5. The van der Waals surface area contributed by atoms with E-state index in [1.54, 1.807) is 24.3 Å². The molecule has 0 aliphatic carbocycles. The van der Waals surface area contributed by atoms with Crippen LogP contribution >= 0.6 is 34.8 Å². The molecule has 0 aliphatic rings. The lowest BCUT2D eigenvalue weighted by Crippen LogP contribution is -1.90. The van der Waals surface area contributed by atoms with Crippen LogP contribution < -0.4 is 0 Å². The van der Waals surface area contributed by atoms with Crippen molar-refractivity contribution in [2.24, 2.45) is 0 Å². The summed E-state index contributed by atoms with van der Waals surface area (Å²) in [5.74, 6) is 0.387. The summed E-state index contributed by atoms with van der Waals surface area (Å²) >= 11 is 17.7. The lowest BCUT2D eigenvalue weighted by molar-refractivity contribution is -0.384. The molecule has 3 aromatic rings. The first-order valence-corrected chi connectivity index (χ1v) is 7.32. The zero-order valence-corrected chi connectivity index (χ0v) is 13.4. The number of nitro benzene ring substituents is 1. The summed E-state index contributed by atoms with van der Waals surface area (Å²) in [6.07, 6.45) is 0. The van der Waals surface area contributed by atoms with Gasteiger partial charge in [0.15, 0.2) is 0 Å². The third kappa shape index (κ3) is 3.29. The maximum absolute atomic E-state index is 10.9. The molecule has 0 saturated heterocycles. The molecule has 1 aromatic heterocycles. The monoisotopic (exact) mass is 369 g/mol. The maximum atomic E-state index is 10.9. The van der Waals surface area contributed by atoms with Gasteiger partial charge in [0.25, 0.3) is 11.6 Å². The Labute approximate surface area is 144 Å². The largest absolute Gasteiger partial charge is 0.334 e. The van der Waals surface area contributed by atoms with E-state index < -0.39 is 4.92 Å². The second-order valence-corrected chi connectivity index (χ2v) is 5.78. The summed E-state index contributed by atoms with van der Waals surface area (Å²) in [6, 6.07) is 9.06. The molecule has 9 heteroatoms. The number of hydrogen-bond donors (Lipinski definition) is 0. The van der Waals surface area contributed by atoms with Crippen LogP contribution in [0.2, 0.25) is 15.1 Å². The molecule has 0 N–H and O–H groups in total. The molecule has 0 radical (unpaired) electrons. The van der Waals surface area contributed by atoms with Crippen molar-refractivity contribution in [1.82, 2.24) is 10.1 Å². The molecule has 23 heavy (non-hydrogen) atoms. The van der Waals surface area contributed by atoms with Gasteiger partial charge in [-0.05, 0) is 30.3 Å². The van der Waals surface area contributed by atoms with Crippen LogP contribution in [0.5, 0.6) is 0 Å². The quantitative estimate of drug-likeness (QED) is 0.463. The van der Waals surface area contributed by atoms with E-state index in [4.69, 9.17) is 39.3 Å². The standard InChI is InChI=1S/C14H6Cl3N3O3/c15-9-3-8(4-10(16)6-9)13-18-14(23-19-13)7-1-2-11(17)12(5-7)20(21)22/h1-6H. The molecule has 3 rings (SSSR count). The number of nitrogens with zero attached hydrogens (tertiary/aromatic N) is 3. The summed E-state index contributed by atoms with van der Waals surface area (Å²) in [4.78, 5) is 14.6. The van der Waals surface area contributed by atoms with Crippen molar-refractivity contribution in [3.63, 3.8) is 0 Å². The zero-order chi connectivity index (χ0) is 16.6. The number of halogens is 3. The summed E-state index contributed by atoms with van der Waals surface area (Å²) in [5, 5.41) is 15.7. The Balaban J connectivity index is 2.02. The normalized spacial score (nSPS) is 10.7. The molecule has 0 saturated carbocycles. The highest BCUT2D eigenvalue weighted by Crippen LogP contribution is 2.31. The van der Waals surface area contributed by atoms with E-state index >= 15 is 0 Å². The van der Waals surface area contributed by atoms with Gasteiger partial charge in [-0.25, -0.2) is 0 Å². The lowest BCUT2D eigenvalue weighted by atomic mass is 10.2. The highest BCUT2D eigenvalue weighted by molar-refractivity contribution is 6.35. The second kappa shape index (κ2) is 6.16. The van der Waals surface area contributed by atoms with Crippen molar-refractivity contribution in [1.29, 1.82) is 0 Å². The molecule has 116 valence electrons. The van der Waals surface area contributed by atoms with Crippen LogP contribution in [0.25, 0.3) is 22.8 Å². The van der Waals surface area contributed by atoms with Gasteiger partial charge in [-0.3, -0.25) is 10.1 Å². The number of nitro groups is 1. The van der Waals surface area contributed by atoms with Crippen molar-refractivity contribution >= 4 is 40.5 Å². The average Bonchev–Trinajstić information content (AvgIpc) is 2.96. The van der Waals surface area contributed by atoms with Gasteiger partial charge in [0.1, 0.15) is 5.02 Å². The smallest absolute Gasteiger partial charge is 0.288 e. The van der Waals surface area contributed by atoms with E-state index in [1.165, 1.54) is 12.1 Å². The molecule has 2 aromatic carbocycles. The Kier molecular flexibility index (Phi) is 4.21. The minimum atomic E-state index is -0.583. The Bertz CT molecular complexity index is 891. The molecule has 0 bridgehead atoms. The summed E-state index contributed by atoms with van der Waals surface area (Å²) in [5.41, 5.74) is 0.712. The van der Waals surface area contributed by atoms with Gasteiger partial charge < -0.3 is 4.52 Å². The fourth-order valence-corrected chi connectivity index (χ4v) is 2.64. The fraction of sp³-hybridized carbons (Fsp3) is 0. The highest BCUT2D eigenvalue weighted by Gasteiger charge is 2.17. The van der Waals surface area contributed by atoms with Gasteiger partial charge in [-0.1, -0.05) is 40.0 Å². The Morgan fingerprint density at radius 3 is 2.35 bits per heavy atom. The molecule has 1 heterocycles. The average molecular weight is 371 g/mol. The minimum absolute atomic E-state index is 0.0279. The Morgan fingerprint density at radius 2 is 1.70 bits per heavy atom. The van der Waals surface area contributed by atoms with Crippen LogP contribution in [0.4, 0.5) is 5.69 Å². The molecule has 0 unspecified atom stereocenters. The van der Waals surface area contributed by atoms with E-state index in [2.05, 4.69) is 10.1 Å². The molecular formula is C14H6Cl3N3O3. The van der Waals surface area contributed by atoms with Crippen molar-refractivity contribution in [3.8, 4) is 22.8 Å². The van der Waals surface area contributed by atoms with E-state index in [9.17, 15) is 10.1 Å². The first-order valence-electron chi connectivity index (χ1n) is 6.18. The summed E-state index contributed by atoms with van der Waals surface area (Å²) in [7, 11) is 0. The van der Waals surface area contributed by atoms with Gasteiger partial charge in [-0.15, -0.1) is 0 Å². The Morgan fingerprint density at radius 1 is 1.00 bits per heavy atom. The second-order valence-electron chi connectivity index (χ2n) is 4.50. The number of benzene rings is 2. The van der Waals surface area contributed by atoms with E-state index in [1.807, 2.05) is 0 Å².